The molecule has 1 saturated carbocycles. The van der Waals surface area contributed by atoms with Crippen LogP contribution in [-0.4, -0.2) is 36.5 Å². The Morgan fingerprint density at radius 3 is 2.75 bits per heavy atom. The number of hydrogen-bond donors (Lipinski definition) is 1. The van der Waals surface area contributed by atoms with E-state index in [0.717, 1.165) is 31.4 Å². The molecule has 1 aliphatic heterocycles. The van der Waals surface area contributed by atoms with E-state index in [9.17, 15) is 18.0 Å². The molecule has 0 radical (unpaired) electrons. The molecular weight excluding hydrogens is 321 g/mol. The maximum absolute atomic E-state index is 12.9. The van der Waals surface area contributed by atoms with Crippen LogP contribution in [0.5, 0.6) is 0 Å². The molecule has 1 amide bonds. The summed E-state index contributed by atoms with van der Waals surface area (Å²) in [6.45, 7) is 1.04. The van der Waals surface area contributed by atoms with E-state index < -0.39 is 17.8 Å². The van der Waals surface area contributed by atoms with Crippen LogP contribution < -0.4 is 5.73 Å². The van der Waals surface area contributed by atoms with Crippen LogP contribution in [0.4, 0.5) is 13.2 Å². The van der Waals surface area contributed by atoms with Gasteiger partial charge in [-0.15, -0.1) is 0 Å². The lowest BCUT2D eigenvalue weighted by atomic mass is 10.0. The molecule has 24 heavy (non-hydrogen) atoms. The molecule has 2 N–H and O–H groups in total. The summed E-state index contributed by atoms with van der Waals surface area (Å²) < 4.78 is 44.2. The number of nitrogens with two attached hydrogens (primary N) is 1. The highest BCUT2D eigenvalue weighted by Crippen LogP contribution is 2.33. The summed E-state index contributed by atoms with van der Waals surface area (Å²) in [5.74, 6) is -0.175. The molecule has 1 aliphatic carbocycles. The van der Waals surface area contributed by atoms with Gasteiger partial charge in [0.1, 0.15) is 6.10 Å². The Balaban J connectivity index is 1.73. The van der Waals surface area contributed by atoms with Crippen LogP contribution in [0.2, 0.25) is 0 Å². The van der Waals surface area contributed by atoms with Gasteiger partial charge in [0.2, 0.25) is 5.91 Å². The van der Waals surface area contributed by atoms with Gasteiger partial charge in [0.25, 0.3) is 0 Å². The second-order valence-corrected chi connectivity index (χ2v) is 6.47. The van der Waals surface area contributed by atoms with Crippen LogP contribution in [-0.2, 0) is 15.7 Å². The number of morpholine rings is 1. The number of nitrogens with zero attached hydrogens (tertiary/aromatic N) is 1. The number of carbonyl (C=O) groups is 1. The Bertz CT molecular complexity index is 606. The molecule has 1 heterocycles. The number of hydrogen-bond acceptors (Lipinski definition) is 3. The van der Waals surface area contributed by atoms with Gasteiger partial charge in [-0.3, -0.25) is 4.79 Å². The van der Waals surface area contributed by atoms with Crippen LogP contribution in [0.3, 0.4) is 0 Å². The van der Waals surface area contributed by atoms with Crippen LogP contribution in [0.25, 0.3) is 0 Å². The van der Waals surface area contributed by atoms with E-state index in [1.165, 1.54) is 6.07 Å². The van der Waals surface area contributed by atoms with Gasteiger partial charge in [0.05, 0.1) is 24.6 Å². The Labute approximate surface area is 138 Å². The van der Waals surface area contributed by atoms with Gasteiger partial charge in [-0.25, -0.2) is 0 Å². The molecule has 1 aromatic rings. The maximum Gasteiger partial charge on any atom is 0.416 e. The van der Waals surface area contributed by atoms with Gasteiger partial charge in [0.15, 0.2) is 0 Å². The largest absolute Gasteiger partial charge is 0.416 e. The van der Waals surface area contributed by atoms with E-state index >= 15 is 0 Å². The summed E-state index contributed by atoms with van der Waals surface area (Å²) in [6, 6.07) is 4.99. The molecule has 0 bridgehead atoms. The molecule has 1 saturated heterocycles. The number of halogens is 3. The van der Waals surface area contributed by atoms with Crippen LogP contribution in [0, 0.1) is 5.92 Å². The monoisotopic (exact) mass is 342 g/mol. The van der Waals surface area contributed by atoms with Gasteiger partial charge in [0, 0.05) is 12.6 Å². The number of rotatable bonds is 2. The highest BCUT2D eigenvalue weighted by atomic mass is 19.4. The topological polar surface area (TPSA) is 55.6 Å². The third-order valence-corrected chi connectivity index (χ3v) is 4.85. The van der Waals surface area contributed by atoms with E-state index in [0.29, 0.717) is 18.7 Å². The first kappa shape index (κ1) is 17.2. The molecule has 2 fully saturated rings. The fourth-order valence-electron chi connectivity index (χ4n) is 3.50. The molecule has 132 valence electrons. The minimum atomic E-state index is -4.39. The normalized spacial score (nSPS) is 28.2. The van der Waals surface area contributed by atoms with Gasteiger partial charge >= 0.3 is 6.18 Å². The van der Waals surface area contributed by atoms with Crippen LogP contribution in [0.1, 0.15) is 36.5 Å². The van der Waals surface area contributed by atoms with E-state index in [-0.39, 0.29) is 24.4 Å². The Kier molecular flexibility index (Phi) is 4.83. The standard InChI is InChI=1S/C17H21F3N2O2/c18-17(19,20)12-4-1-3-11(9-12)15-10-22(7-8-24-15)16(23)13-5-2-6-14(13)21/h1,3-4,9,13-15H,2,5-8,10,21H2. The fourth-order valence-corrected chi connectivity index (χ4v) is 3.50. The molecule has 2 aliphatic rings. The van der Waals surface area contributed by atoms with E-state index in [4.69, 9.17) is 10.5 Å². The van der Waals surface area contributed by atoms with Crippen molar-refractivity contribution in [3.63, 3.8) is 0 Å². The predicted molar refractivity (Wildman–Crippen MR) is 82.0 cm³/mol. The summed E-state index contributed by atoms with van der Waals surface area (Å²) in [7, 11) is 0. The van der Waals surface area contributed by atoms with Crippen molar-refractivity contribution in [3.05, 3.63) is 35.4 Å². The van der Waals surface area contributed by atoms with Crippen molar-refractivity contribution in [2.75, 3.05) is 19.7 Å². The molecule has 7 heteroatoms. The van der Waals surface area contributed by atoms with E-state index in [1.807, 2.05) is 0 Å². The summed E-state index contributed by atoms with van der Waals surface area (Å²) in [5, 5.41) is 0. The fraction of sp³-hybridized carbons (Fsp3) is 0.588. The smallest absolute Gasteiger partial charge is 0.370 e. The quantitative estimate of drug-likeness (QED) is 0.899. The number of amides is 1. The number of ether oxygens (including phenoxy) is 1. The van der Waals surface area contributed by atoms with E-state index in [2.05, 4.69) is 0 Å². The first-order valence-electron chi connectivity index (χ1n) is 8.19. The molecule has 3 atom stereocenters. The first-order chi connectivity index (χ1) is 11.4. The van der Waals surface area contributed by atoms with Crippen LogP contribution in [0.15, 0.2) is 24.3 Å². The number of alkyl halides is 3. The summed E-state index contributed by atoms with van der Waals surface area (Å²) >= 11 is 0. The van der Waals surface area contributed by atoms with Crippen molar-refractivity contribution in [2.45, 2.75) is 37.6 Å². The zero-order chi connectivity index (χ0) is 17.3. The van der Waals surface area contributed by atoms with Gasteiger partial charge in [-0.1, -0.05) is 18.6 Å². The highest BCUT2D eigenvalue weighted by Gasteiger charge is 2.36. The molecule has 3 rings (SSSR count). The molecular formula is C17H21F3N2O2. The third-order valence-electron chi connectivity index (χ3n) is 4.85. The lowest BCUT2D eigenvalue weighted by molar-refractivity contribution is -0.144. The van der Waals surface area contributed by atoms with Crippen molar-refractivity contribution >= 4 is 5.91 Å². The lowest BCUT2D eigenvalue weighted by Gasteiger charge is -2.35. The van der Waals surface area contributed by atoms with Crippen molar-refractivity contribution in [1.82, 2.24) is 4.90 Å². The lowest BCUT2D eigenvalue weighted by Crippen LogP contribution is -2.47. The Hall–Kier alpha value is -1.60. The highest BCUT2D eigenvalue weighted by molar-refractivity contribution is 5.80. The van der Waals surface area contributed by atoms with Crippen molar-refractivity contribution in [1.29, 1.82) is 0 Å². The van der Waals surface area contributed by atoms with E-state index in [1.54, 1.807) is 11.0 Å². The third kappa shape index (κ3) is 3.57. The zero-order valence-corrected chi connectivity index (χ0v) is 13.3. The minimum absolute atomic E-state index is 0.000256. The Morgan fingerprint density at radius 1 is 1.29 bits per heavy atom. The number of benzene rings is 1. The molecule has 0 spiro atoms. The molecule has 3 unspecified atom stereocenters. The maximum atomic E-state index is 12.9. The summed E-state index contributed by atoms with van der Waals surface area (Å²) in [6.07, 6.45) is -2.36. The molecule has 4 nitrogen and oxygen atoms in total. The SMILES string of the molecule is NC1CCCC1C(=O)N1CCOC(c2cccc(C(F)(F)F)c2)C1. The van der Waals surface area contributed by atoms with Gasteiger partial charge in [-0.05, 0) is 30.5 Å². The first-order valence-corrected chi connectivity index (χ1v) is 8.19. The average Bonchev–Trinajstić information content (AvgIpc) is 3.00. The Morgan fingerprint density at radius 2 is 2.08 bits per heavy atom. The van der Waals surface area contributed by atoms with Crippen molar-refractivity contribution < 1.29 is 22.7 Å². The predicted octanol–water partition coefficient (Wildman–Crippen LogP) is 2.73. The molecule has 0 aromatic heterocycles. The van der Waals surface area contributed by atoms with Crippen LogP contribution >= 0.6 is 0 Å². The zero-order valence-electron chi connectivity index (χ0n) is 13.3. The second-order valence-electron chi connectivity index (χ2n) is 6.47. The van der Waals surface area contributed by atoms with Gasteiger partial charge in [-0.2, -0.15) is 13.2 Å². The second kappa shape index (κ2) is 6.72. The molecule has 1 aromatic carbocycles. The van der Waals surface area contributed by atoms with Crippen molar-refractivity contribution in [3.8, 4) is 0 Å². The minimum Gasteiger partial charge on any atom is -0.370 e. The van der Waals surface area contributed by atoms with Crippen molar-refractivity contribution in [2.24, 2.45) is 11.7 Å². The summed E-state index contributed by atoms with van der Waals surface area (Å²) in [5.41, 5.74) is 5.74. The van der Waals surface area contributed by atoms with Gasteiger partial charge < -0.3 is 15.4 Å². The number of carbonyl (C=O) groups excluding carboxylic acids is 1. The average molecular weight is 342 g/mol. The summed E-state index contributed by atoms with van der Waals surface area (Å²) in [4.78, 5) is 14.3.